The van der Waals surface area contributed by atoms with Gasteiger partial charge in [-0.25, -0.2) is 4.68 Å². The molecule has 0 bridgehead atoms. The smallest absolute Gasteiger partial charge is 0.137 e. The summed E-state index contributed by atoms with van der Waals surface area (Å²) in [6.07, 6.45) is 5.25. The van der Waals surface area contributed by atoms with Crippen LogP contribution in [0.1, 0.15) is 18.1 Å². The Labute approximate surface area is 93.9 Å². The van der Waals surface area contributed by atoms with Crippen LogP contribution in [0, 0.1) is 11.8 Å². The molecule has 0 unspecified atom stereocenters. The van der Waals surface area contributed by atoms with Gasteiger partial charge >= 0.3 is 0 Å². The monoisotopic (exact) mass is 215 g/mol. The summed E-state index contributed by atoms with van der Waals surface area (Å²) in [5.74, 6) is 6.59. The molecule has 2 N–H and O–H groups in total. The van der Waals surface area contributed by atoms with Gasteiger partial charge in [0.2, 0.25) is 0 Å². The maximum Gasteiger partial charge on any atom is 0.137 e. The van der Waals surface area contributed by atoms with Crippen LogP contribution in [0.3, 0.4) is 0 Å². The first kappa shape index (κ1) is 10.3. The predicted molar refractivity (Wildman–Crippen MR) is 61.5 cm³/mol. The Morgan fingerprint density at radius 1 is 1.31 bits per heavy atom. The molecule has 0 aromatic carbocycles. The second-order valence-electron chi connectivity index (χ2n) is 3.41. The number of nitrogens with two attached hydrogens (primary N) is 1. The van der Waals surface area contributed by atoms with Crippen molar-refractivity contribution < 1.29 is 0 Å². The first-order chi connectivity index (χ1) is 7.70. The zero-order valence-electron chi connectivity index (χ0n) is 9.31. The van der Waals surface area contributed by atoms with Gasteiger partial charge in [-0.2, -0.15) is 10.2 Å². The van der Waals surface area contributed by atoms with Gasteiger partial charge in [0.15, 0.2) is 0 Å². The molecule has 0 aliphatic rings. The number of nitrogens with zero attached hydrogens (tertiary/aromatic N) is 4. The third kappa shape index (κ3) is 1.91. The van der Waals surface area contributed by atoms with Crippen LogP contribution in [-0.4, -0.2) is 19.6 Å². The number of nitrogen functional groups attached to an aromatic ring is 1. The molecule has 0 amide bonds. The lowest BCUT2D eigenvalue weighted by molar-refractivity contribution is 0.670. The van der Waals surface area contributed by atoms with Crippen LogP contribution in [-0.2, 0) is 13.6 Å². The Bertz CT molecular complexity index is 552. The van der Waals surface area contributed by atoms with Crippen molar-refractivity contribution in [3.63, 3.8) is 0 Å². The minimum Gasteiger partial charge on any atom is -0.383 e. The average molecular weight is 215 g/mol. The average Bonchev–Trinajstić information content (AvgIpc) is 2.83. The number of hydrogen-bond acceptors (Lipinski definition) is 3. The highest BCUT2D eigenvalue weighted by Gasteiger charge is 2.02. The van der Waals surface area contributed by atoms with Crippen molar-refractivity contribution in [2.24, 2.45) is 7.05 Å². The van der Waals surface area contributed by atoms with E-state index in [9.17, 15) is 0 Å². The summed E-state index contributed by atoms with van der Waals surface area (Å²) in [6, 6.07) is 0. The normalized spacial score (nSPS) is 9.88. The van der Waals surface area contributed by atoms with E-state index in [0.29, 0.717) is 5.82 Å². The Morgan fingerprint density at radius 3 is 2.69 bits per heavy atom. The first-order valence-corrected chi connectivity index (χ1v) is 5.02. The fraction of sp³-hybridized carbons (Fsp3) is 0.273. The molecule has 0 aliphatic carbocycles. The van der Waals surface area contributed by atoms with Crippen molar-refractivity contribution in [2.45, 2.75) is 13.5 Å². The second-order valence-corrected chi connectivity index (χ2v) is 3.41. The van der Waals surface area contributed by atoms with Crippen molar-refractivity contribution in [3.05, 3.63) is 29.7 Å². The zero-order valence-corrected chi connectivity index (χ0v) is 9.31. The van der Waals surface area contributed by atoms with Crippen molar-refractivity contribution >= 4 is 5.82 Å². The number of aromatic nitrogens is 4. The second kappa shape index (κ2) is 4.11. The molecule has 5 heteroatoms. The van der Waals surface area contributed by atoms with Crippen molar-refractivity contribution in [2.75, 3.05) is 5.73 Å². The van der Waals surface area contributed by atoms with Gasteiger partial charge in [0.25, 0.3) is 0 Å². The zero-order chi connectivity index (χ0) is 11.5. The molecule has 0 radical (unpaired) electrons. The highest BCUT2D eigenvalue weighted by Crippen LogP contribution is 2.08. The van der Waals surface area contributed by atoms with Crippen LogP contribution in [0.15, 0.2) is 18.6 Å². The lowest BCUT2D eigenvalue weighted by Gasteiger charge is -1.96. The SMILES string of the molecule is CCn1ncc(C#Cc2cnn(C)c2)c1N. The van der Waals surface area contributed by atoms with Gasteiger partial charge < -0.3 is 5.73 Å². The molecule has 0 fully saturated rings. The highest BCUT2D eigenvalue weighted by atomic mass is 15.3. The van der Waals surface area contributed by atoms with Crippen LogP contribution in [0.25, 0.3) is 0 Å². The van der Waals surface area contributed by atoms with E-state index in [-0.39, 0.29) is 0 Å². The quantitative estimate of drug-likeness (QED) is 0.709. The van der Waals surface area contributed by atoms with E-state index in [0.717, 1.165) is 17.7 Å². The third-order valence-corrected chi connectivity index (χ3v) is 2.23. The lowest BCUT2D eigenvalue weighted by Crippen LogP contribution is -2.02. The summed E-state index contributed by atoms with van der Waals surface area (Å²) in [6.45, 7) is 2.74. The molecule has 2 aromatic heterocycles. The molecular formula is C11H13N5. The summed E-state index contributed by atoms with van der Waals surface area (Å²) in [5, 5.41) is 8.15. The minimum atomic E-state index is 0.610. The Morgan fingerprint density at radius 2 is 2.12 bits per heavy atom. The largest absolute Gasteiger partial charge is 0.383 e. The number of anilines is 1. The molecule has 2 rings (SSSR count). The van der Waals surface area contributed by atoms with Gasteiger partial charge in [-0.15, -0.1) is 0 Å². The summed E-state index contributed by atoms with van der Waals surface area (Å²) in [5.41, 5.74) is 7.48. The number of hydrogen-bond donors (Lipinski definition) is 1. The molecule has 0 spiro atoms. The lowest BCUT2D eigenvalue weighted by atomic mass is 10.3. The van der Waals surface area contributed by atoms with Gasteiger partial charge in [0.1, 0.15) is 5.82 Å². The van der Waals surface area contributed by atoms with Crippen LogP contribution < -0.4 is 5.73 Å². The fourth-order valence-electron chi connectivity index (χ4n) is 1.37. The van der Waals surface area contributed by atoms with E-state index in [4.69, 9.17) is 5.73 Å². The number of rotatable bonds is 1. The maximum atomic E-state index is 5.86. The van der Waals surface area contributed by atoms with Crippen molar-refractivity contribution in [1.82, 2.24) is 19.6 Å². The van der Waals surface area contributed by atoms with Gasteiger partial charge in [-0.3, -0.25) is 4.68 Å². The standard InChI is InChI=1S/C11H13N5/c1-3-16-11(12)10(7-14-16)5-4-9-6-13-15(2)8-9/h6-8H,3,12H2,1-2H3. The van der Waals surface area contributed by atoms with E-state index in [1.54, 1.807) is 21.8 Å². The highest BCUT2D eigenvalue weighted by molar-refractivity contribution is 5.52. The minimum absolute atomic E-state index is 0.610. The molecule has 82 valence electrons. The van der Waals surface area contributed by atoms with E-state index in [1.165, 1.54) is 0 Å². The summed E-state index contributed by atoms with van der Waals surface area (Å²) in [7, 11) is 1.86. The Hall–Kier alpha value is -2.22. The molecular weight excluding hydrogens is 202 g/mol. The van der Waals surface area contributed by atoms with Gasteiger partial charge in [0, 0.05) is 19.8 Å². The predicted octanol–water partition coefficient (Wildman–Crippen LogP) is 0.618. The van der Waals surface area contributed by atoms with Crippen LogP contribution >= 0.6 is 0 Å². The van der Waals surface area contributed by atoms with E-state index < -0.39 is 0 Å². The molecule has 0 saturated heterocycles. The van der Waals surface area contributed by atoms with Gasteiger partial charge in [-0.1, -0.05) is 11.8 Å². The van der Waals surface area contributed by atoms with E-state index in [1.807, 2.05) is 20.2 Å². The summed E-state index contributed by atoms with van der Waals surface area (Å²) in [4.78, 5) is 0. The third-order valence-electron chi connectivity index (χ3n) is 2.23. The molecule has 0 aliphatic heterocycles. The van der Waals surface area contributed by atoms with Crippen molar-refractivity contribution in [1.29, 1.82) is 0 Å². The summed E-state index contributed by atoms with van der Waals surface area (Å²) >= 11 is 0. The molecule has 0 atom stereocenters. The fourth-order valence-corrected chi connectivity index (χ4v) is 1.37. The van der Waals surface area contributed by atoms with Crippen LogP contribution in [0.5, 0.6) is 0 Å². The van der Waals surface area contributed by atoms with Gasteiger partial charge in [0.05, 0.1) is 23.5 Å². The Kier molecular flexibility index (Phi) is 2.64. The molecule has 5 nitrogen and oxygen atoms in total. The topological polar surface area (TPSA) is 61.7 Å². The molecule has 0 saturated carbocycles. The molecule has 2 heterocycles. The number of aryl methyl sites for hydroxylation is 2. The molecule has 16 heavy (non-hydrogen) atoms. The van der Waals surface area contributed by atoms with Crippen molar-refractivity contribution in [3.8, 4) is 11.8 Å². The summed E-state index contributed by atoms with van der Waals surface area (Å²) < 4.78 is 3.43. The van der Waals surface area contributed by atoms with E-state index in [2.05, 4.69) is 22.0 Å². The van der Waals surface area contributed by atoms with Crippen LogP contribution in [0.4, 0.5) is 5.82 Å². The van der Waals surface area contributed by atoms with E-state index >= 15 is 0 Å². The van der Waals surface area contributed by atoms with Crippen LogP contribution in [0.2, 0.25) is 0 Å². The first-order valence-electron chi connectivity index (χ1n) is 5.02. The maximum absolute atomic E-state index is 5.86. The Balaban J connectivity index is 2.27. The molecule has 2 aromatic rings. The van der Waals surface area contributed by atoms with Gasteiger partial charge in [-0.05, 0) is 6.92 Å².